The van der Waals surface area contributed by atoms with Gasteiger partial charge in [0.25, 0.3) is 0 Å². The van der Waals surface area contributed by atoms with Crippen LogP contribution in [0.4, 0.5) is 0 Å². The summed E-state index contributed by atoms with van der Waals surface area (Å²) in [5, 5.41) is 8.98. The van der Waals surface area contributed by atoms with Crippen molar-refractivity contribution in [3.8, 4) is 0 Å². The van der Waals surface area contributed by atoms with Gasteiger partial charge in [-0.1, -0.05) is 12.7 Å². The molecule has 2 nitrogen and oxygen atoms in total. The Kier molecular flexibility index (Phi) is 2.55. The van der Waals surface area contributed by atoms with Gasteiger partial charge in [-0.05, 0) is 12.7 Å². The molecule has 0 saturated carbocycles. The van der Waals surface area contributed by atoms with Crippen LogP contribution in [0.2, 0.25) is 12.1 Å². The van der Waals surface area contributed by atoms with Crippen molar-refractivity contribution in [3.63, 3.8) is 0 Å². The first kappa shape index (κ1) is 7.10. The zero-order valence-electron chi connectivity index (χ0n) is 5.84. The van der Waals surface area contributed by atoms with Crippen molar-refractivity contribution in [2.24, 2.45) is 0 Å². The summed E-state index contributed by atoms with van der Waals surface area (Å²) in [6.07, 6.45) is 1.41. The van der Waals surface area contributed by atoms with Crippen LogP contribution in [-0.4, -0.2) is 25.3 Å². The number of aliphatic hydroxyl groups is 1. The van der Waals surface area contributed by atoms with Crippen LogP contribution in [-0.2, 0) is 4.74 Å². The second-order valence-corrected chi connectivity index (χ2v) is 2.80. The van der Waals surface area contributed by atoms with Crippen molar-refractivity contribution in [1.82, 2.24) is 0 Å². The van der Waals surface area contributed by atoms with Gasteiger partial charge < -0.3 is 9.84 Å². The molecule has 2 unspecified atom stereocenters. The minimum absolute atomic E-state index is 0.491. The summed E-state index contributed by atoms with van der Waals surface area (Å²) >= 11 is 0. The van der Waals surface area contributed by atoms with Crippen LogP contribution in [0.3, 0.4) is 0 Å². The van der Waals surface area contributed by atoms with Gasteiger partial charge in [-0.15, -0.1) is 0 Å². The van der Waals surface area contributed by atoms with Crippen molar-refractivity contribution >= 4 is 7.28 Å². The van der Waals surface area contributed by atoms with Gasteiger partial charge in [0.15, 0.2) is 0 Å². The first-order valence-electron chi connectivity index (χ1n) is 3.58. The Morgan fingerprint density at radius 1 is 1.67 bits per heavy atom. The largest absolute Gasteiger partial charge is 0.369 e. The average Bonchev–Trinajstić information content (AvgIpc) is 1.97. The van der Waals surface area contributed by atoms with E-state index in [1.54, 1.807) is 0 Å². The molecule has 52 valence electrons. The first-order chi connectivity index (χ1) is 4.29. The van der Waals surface area contributed by atoms with E-state index >= 15 is 0 Å². The fourth-order valence-electron chi connectivity index (χ4n) is 1.06. The highest BCUT2D eigenvalue weighted by Crippen LogP contribution is 2.15. The maximum absolute atomic E-state index is 8.98. The fourth-order valence-corrected chi connectivity index (χ4v) is 1.06. The molecule has 1 saturated heterocycles. The van der Waals surface area contributed by atoms with Crippen molar-refractivity contribution in [1.29, 1.82) is 0 Å². The summed E-state index contributed by atoms with van der Waals surface area (Å²) in [6, 6.07) is 0. The van der Waals surface area contributed by atoms with E-state index in [1.807, 2.05) is 0 Å². The second kappa shape index (κ2) is 3.23. The predicted octanol–water partition coefficient (Wildman–Crippen LogP) is 0.388. The molecule has 0 aliphatic carbocycles. The number of rotatable bonds is 0. The third kappa shape index (κ3) is 2.37. The van der Waals surface area contributed by atoms with Crippen molar-refractivity contribution in [3.05, 3.63) is 0 Å². The maximum atomic E-state index is 8.98. The van der Waals surface area contributed by atoms with Gasteiger partial charge in [-0.25, -0.2) is 0 Å². The normalized spacial score (nSPS) is 37.1. The number of ether oxygens (including phenoxy) is 1. The highest BCUT2D eigenvalue weighted by Gasteiger charge is 2.14. The summed E-state index contributed by atoms with van der Waals surface area (Å²) in [5.41, 5.74) is 0. The maximum Gasteiger partial charge on any atom is 0.147 e. The Morgan fingerprint density at radius 3 is 3.22 bits per heavy atom. The molecule has 2 atom stereocenters. The smallest absolute Gasteiger partial charge is 0.147 e. The van der Waals surface area contributed by atoms with Gasteiger partial charge in [-0.3, -0.25) is 0 Å². The van der Waals surface area contributed by atoms with Crippen LogP contribution in [0.25, 0.3) is 0 Å². The molecular weight excluding hydrogens is 115 g/mol. The molecule has 0 bridgehead atoms. The molecule has 1 fully saturated rings. The van der Waals surface area contributed by atoms with E-state index in [0.29, 0.717) is 0 Å². The summed E-state index contributed by atoms with van der Waals surface area (Å²) in [4.78, 5) is 0. The molecule has 1 heterocycles. The molecular formula is C6H13BO2. The third-order valence-electron chi connectivity index (χ3n) is 1.83. The molecule has 3 heteroatoms. The monoisotopic (exact) mass is 128 g/mol. The van der Waals surface area contributed by atoms with E-state index in [4.69, 9.17) is 9.84 Å². The first-order valence-corrected chi connectivity index (χ1v) is 3.58. The van der Waals surface area contributed by atoms with Crippen LogP contribution in [0.5, 0.6) is 0 Å². The van der Waals surface area contributed by atoms with E-state index in [2.05, 4.69) is 6.92 Å². The van der Waals surface area contributed by atoms with Crippen LogP contribution in [0.15, 0.2) is 0 Å². The highest BCUT2D eigenvalue weighted by atomic mass is 16.6. The molecule has 1 aliphatic heterocycles. The van der Waals surface area contributed by atoms with Crippen LogP contribution in [0, 0.1) is 0 Å². The molecule has 0 aromatic heterocycles. The minimum atomic E-state index is -0.491. The van der Waals surface area contributed by atoms with Gasteiger partial charge in [0, 0.05) is 6.61 Å². The third-order valence-corrected chi connectivity index (χ3v) is 1.83. The molecule has 1 N–H and O–H groups in total. The lowest BCUT2D eigenvalue weighted by molar-refractivity contribution is -0.0821. The summed E-state index contributed by atoms with van der Waals surface area (Å²) in [5.74, 6) is 0.724. The number of aliphatic hydroxyl groups excluding tert-OH is 1. The van der Waals surface area contributed by atoms with Crippen molar-refractivity contribution < 1.29 is 9.84 Å². The molecule has 0 radical (unpaired) electrons. The van der Waals surface area contributed by atoms with Crippen LogP contribution < -0.4 is 0 Å². The van der Waals surface area contributed by atoms with Crippen molar-refractivity contribution in [2.75, 3.05) is 6.61 Å². The van der Waals surface area contributed by atoms with E-state index in [1.165, 1.54) is 0 Å². The van der Waals surface area contributed by atoms with Gasteiger partial charge in [-0.2, -0.15) is 0 Å². The van der Waals surface area contributed by atoms with Gasteiger partial charge in [0.2, 0.25) is 0 Å². The zero-order valence-corrected chi connectivity index (χ0v) is 5.84. The van der Waals surface area contributed by atoms with Gasteiger partial charge in [0.1, 0.15) is 13.6 Å². The second-order valence-electron chi connectivity index (χ2n) is 2.80. The number of hydrogen-bond donors (Lipinski definition) is 1. The number of hydrogen-bond acceptors (Lipinski definition) is 2. The molecule has 0 spiro atoms. The Balaban J connectivity index is 2.25. The highest BCUT2D eigenvalue weighted by molar-refractivity contribution is 6.37. The van der Waals surface area contributed by atoms with Crippen molar-refractivity contribution in [2.45, 2.75) is 31.8 Å². The van der Waals surface area contributed by atoms with E-state index < -0.39 is 6.29 Å². The molecule has 1 rings (SSSR count). The molecule has 9 heavy (non-hydrogen) atoms. The average molecular weight is 128 g/mol. The molecule has 0 aromatic rings. The Morgan fingerprint density at radius 2 is 2.44 bits per heavy atom. The van der Waals surface area contributed by atoms with E-state index in [0.717, 1.165) is 32.4 Å². The summed E-state index contributed by atoms with van der Waals surface area (Å²) < 4.78 is 5.03. The minimum Gasteiger partial charge on any atom is -0.369 e. The van der Waals surface area contributed by atoms with Gasteiger partial charge >= 0.3 is 0 Å². The molecule has 0 amide bonds. The lowest BCUT2D eigenvalue weighted by atomic mass is 9.62. The Hall–Kier alpha value is -0.0151. The lowest BCUT2D eigenvalue weighted by Crippen LogP contribution is -2.10. The topological polar surface area (TPSA) is 29.5 Å². The van der Waals surface area contributed by atoms with E-state index in [9.17, 15) is 0 Å². The zero-order chi connectivity index (χ0) is 6.69. The van der Waals surface area contributed by atoms with E-state index in [-0.39, 0.29) is 0 Å². The SMILES string of the molecule is CC1BCC(O)OCC1. The fraction of sp³-hybridized carbons (Fsp3) is 1.00. The summed E-state index contributed by atoms with van der Waals surface area (Å²) in [7, 11) is 1.10. The van der Waals surface area contributed by atoms with Gasteiger partial charge in [0.05, 0.1) is 0 Å². The van der Waals surface area contributed by atoms with Crippen LogP contribution in [0.1, 0.15) is 13.3 Å². The quantitative estimate of drug-likeness (QED) is 0.478. The molecule has 0 aromatic carbocycles. The Bertz CT molecular complexity index is 77.1. The predicted molar refractivity (Wildman–Crippen MR) is 38.0 cm³/mol. The molecule has 1 aliphatic rings. The Labute approximate surface area is 56.5 Å². The standard InChI is InChI=1S/C6H13BO2/c1-5-2-3-9-6(8)4-7-5/h5-8H,2-4H2,1H3. The van der Waals surface area contributed by atoms with Crippen LogP contribution >= 0.6 is 0 Å². The summed E-state index contributed by atoms with van der Waals surface area (Å²) in [6.45, 7) is 2.92. The lowest BCUT2D eigenvalue weighted by Gasteiger charge is -2.04.